The van der Waals surface area contributed by atoms with E-state index in [1.165, 1.54) is 0 Å². The largest absolute Gasteiger partial charge is 0.356 e. The van der Waals surface area contributed by atoms with Crippen LogP contribution in [-0.4, -0.2) is 21.1 Å². The summed E-state index contributed by atoms with van der Waals surface area (Å²) in [6.45, 7) is 4.09. The highest BCUT2D eigenvalue weighted by Gasteiger charge is 2.11. The van der Waals surface area contributed by atoms with E-state index < -0.39 is 0 Å². The summed E-state index contributed by atoms with van der Waals surface area (Å²) in [5.74, 6) is 0.580. The van der Waals surface area contributed by atoms with Crippen molar-refractivity contribution in [1.82, 2.24) is 15.2 Å². The highest BCUT2D eigenvalue weighted by atomic mass is 35.5. The Morgan fingerprint density at radius 2 is 2.24 bits per heavy atom. The van der Waals surface area contributed by atoms with Crippen molar-refractivity contribution in [1.29, 1.82) is 0 Å². The van der Waals surface area contributed by atoms with Gasteiger partial charge in [-0.1, -0.05) is 25.4 Å². The van der Waals surface area contributed by atoms with Crippen molar-refractivity contribution in [3.63, 3.8) is 0 Å². The van der Waals surface area contributed by atoms with Gasteiger partial charge in [0.25, 0.3) is 5.91 Å². The molecule has 0 aliphatic heterocycles. The van der Waals surface area contributed by atoms with Gasteiger partial charge < -0.3 is 10.3 Å². The average molecular weight is 253 g/mol. The van der Waals surface area contributed by atoms with Crippen LogP contribution in [0.2, 0.25) is 5.02 Å². The fraction of sp³-hybridized carbons (Fsp3) is 0.273. The van der Waals surface area contributed by atoms with Crippen LogP contribution in [0.15, 0.2) is 18.3 Å². The van der Waals surface area contributed by atoms with E-state index in [9.17, 15) is 4.79 Å². The van der Waals surface area contributed by atoms with Gasteiger partial charge in [-0.2, -0.15) is 5.10 Å². The maximum Gasteiger partial charge on any atom is 0.273 e. The SMILES string of the molecule is CC(C)c1cc(NC(=O)c2cc(Cl)c[nH]2)n[nH]1. The molecule has 0 aliphatic rings. The van der Waals surface area contributed by atoms with Crippen molar-refractivity contribution in [3.05, 3.63) is 34.7 Å². The van der Waals surface area contributed by atoms with Crippen molar-refractivity contribution in [2.45, 2.75) is 19.8 Å². The molecule has 0 spiro atoms. The molecule has 90 valence electrons. The lowest BCUT2D eigenvalue weighted by atomic mass is 10.1. The Bertz CT molecular complexity index is 529. The third-order valence-electron chi connectivity index (χ3n) is 2.35. The summed E-state index contributed by atoms with van der Waals surface area (Å²) < 4.78 is 0. The minimum atomic E-state index is -0.265. The number of halogens is 1. The molecule has 2 rings (SSSR count). The number of amides is 1. The molecule has 0 atom stereocenters. The van der Waals surface area contributed by atoms with E-state index in [1.807, 2.05) is 19.9 Å². The van der Waals surface area contributed by atoms with Gasteiger partial charge in [0.1, 0.15) is 5.69 Å². The number of carbonyl (C=O) groups excluding carboxylic acids is 1. The lowest BCUT2D eigenvalue weighted by Gasteiger charge is -1.98. The van der Waals surface area contributed by atoms with Crippen LogP contribution in [0, 0.1) is 0 Å². The lowest BCUT2D eigenvalue weighted by molar-refractivity contribution is 0.102. The number of H-pyrrole nitrogens is 2. The van der Waals surface area contributed by atoms with Crippen molar-refractivity contribution < 1.29 is 4.79 Å². The second-order valence-corrected chi connectivity index (χ2v) is 4.49. The van der Waals surface area contributed by atoms with E-state index in [-0.39, 0.29) is 5.91 Å². The molecule has 5 nitrogen and oxygen atoms in total. The number of nitrogens with one attached hydrogen (secondary N) is 3. The zero-order valence-electron chi connectivity index (χ0n) is 9.54. The normalized spacial score (nSPS) is 10.8. The van der Waals surface area contributed by atoms with Gasteiger partial charge in [-0.25, -0.2) is 0 Å². The molecule has 0 unspecified atom stereocenters. The Hall–Kier alpha value is -1.75. The van der Waals surface area contributed by atoms with Gasteiger partial charge >= 0.3 is 0 Å². The molecule has 0 bridgehead atoms. The third-order valence-corrected chi connectivity index (χ3v) is 2.57. The first-order valence-electron chi connectivity index (χ1n) is 5.27. The predicted octanol–water partition coefficient (Wildman–Crippen LogP) is 2.77. The van der Waals surface area contributed by atoms with Crippen LogP contribution >= 0.6 is 11.6 Å². The fourth-order valence-electron chi connectivity index (χ4n) is 1.38. The first-order chi connectivity index (χ1) is 8.06. The maximum absolute atomic E-state index is 11.8. The van der Waals surface area contributed by atoms with Gasteiger partial charge in [-0.15, -0.1) is 0 Å². The molecule has 0 saturated heterocycles. The Morgan fingerprint density at radius 1 is 1.47 bits per heavy atom. The quantitative estimate of drug-likeness (QED) is 0.786. The zero-order chi connectivity index (χ0) is 12.4. The summed E-state index contributed by atoms with van der Waals surface area (Å²) in [5, 5.41) is 10.0. The van der Waals surface area contributed by atoms with E-state index in [1.54, 1.807) is 12.3 Å². The zero-order valence-corrected chi connectivity index (χ0v) is 10.3. The molecule has 2 aromatic rings. The Kier molecular flexibility index (Phi) is 3.19. The van der Waals surface area contributed by atoms with Crippen molar-refractivity contribution >= 4 is 23.3 Å². The van der Waals surface area contributed by atoms with E-state index in [4.69, 9.17) is 11.6 Å². The lowest BCUT2D eigenvalue weighted by Crippen LogP contribution is -2.12. The number of anilines is 1. The Morgan fingerprint density at radius 3 is 2.76 bits per heavy atom. The highest BCUT2D eigenvalue weighted by molar-refractivity contribution is 6.31. The summed E-state index contributed by atoms with van der Waals surface area (Å²) >= 11 is 5.72. The summed E-state index contributed by atoms with van der Waals surface area (Å²) in [5.41, 5.74) is 1.38. The van der Waals surface area contributed by atoms with Crippen molar-refractivity contribution in [2.24, 2.45) is 0 Å². The third kappa shape index (κ3) is 2.68. The molecule has 2 heterocycles. The number of aromatic amines is 2. The van der Waals surface area contributed by atoms with Crippen LogP contribution in [0.5, 0.6) is 0 Å². The van der Waals surface area contributed by atoms with E-state index in [2.05, 4.69) is 20.5 Å². The fourth-order valence-corrected chi connectivity index (χ4v) is 1.54. The van der Waals surface area contributed by atoms with Crippen molar-refractivity contribution in [2.75, 3.05) is 5.32 Å². The molecule has 1 amide bonds. The number of rotatable bonds is 3. The van der Waals surface area contributed by atoms with Gasteiger partial charge in [0.05, 0.1) is 5.02 Å². The second kappa shape index (κ2) is 4.63. The first-order valence-corrected chi connectivity index (χ1v) is 5.64. The van der Waals surface area contributed by atoms with E-state index in [0.29, 0.717) is 22.5 Å². The molecule has 0 aromatic carbocycles. The van der Waals surface area contributed by atoms with Crippen molar-refractivity contribution in [3.8, 4) is 0 Å². The van der Waals surface area contributed by atoms with Crippen LogP contribution in [0.25, 0.3) is 0 Å². The second-order valence-electron chi connectivity index (χ2n) is 4.05. The van der Waals surface area contributed by atoms with Gasteiger partial charge in [-0.05, 0) is 12.0 Å². The molecule has 6 heteroatoms. The van der Waals surface area contributed by atoms with Crippen LogP contribution in [0.3, 0.4) is 0 Å². The Balaban J connectivity index is 2.07. The van der Waals surface area contributed by atoms with Crippen LogP contribution in [0.4, 0.5) is 5.82 Å². The molecule has 17 heavy (non-hydrogen) atoms. The molecule has 0 fully saturated rings. The summed E-state index contributed by atoms with van der Waals surface area (Å²) in [7, 11) is 0. The van der Waals surface area contributed by atoms with Gasteiger partial charge in [0, 0.05) is 18.0 Å². The monoisotopic (exact) mass is 252 g/mol. The highest BCUT2D eigenvalue weighted by Crippen LogP contribution is 2.16. The molecule has 2 aromatic heterocycles. The summed E-state index contributed by atoms with van der Waals surface area (Å²) in [6, 6.07) is 3.38. The van der Waals surface area contributed by atoms with Gasteiger partial charge in [0.2, 0.25) is 0 Å². The molecule has 0 radical (unpaired) electrons. The minimum Gasteiger partial charge on any atom is -0.356 e. The number of hydrogen-bond donors (Lipinski definition) is 3. The van der Waals surface area contributed by atoms with E-state index >= 15 is 0 Å². The smallest absolute Gasteiger partial charge is 0.273 e. The average Bonchev–Trinajstić information content (AvgIpc) is 2.86. The maximum atomic E-state index is 11.8. The van der Waals surface area contributed by atoms with Crippen LogP contribution < -0.4 is 5.32 Å². The molecular formula is C11H13ClN4O. The molecule has 0 saturated carbocycles. The van der Waals surface area contributed by atoms with E-state index in [0.717, 1.165) is 5.69 Å². The van der Waals surface area contributed by atoms with Crippen LogP contribution in [-0.2, 0) is 0 Å². The minimum absolute atomic E-state index is 0.265. The van der Waals surface area contributed by atoms with Gasteiger partial charge in [-0.3, -0.25) is 9.89 Å². The number of hydrogen-bond acceptors (Lipinski definition) is 2. The number of nitrogens with zero attached hydrogens (tertiary/aromatic N) is 1. The van der Waals surface area contributed by atoms with Gasteiger partial charge in [0.15, 0.2) is 5.82 Å². The molecule has 0 aliphatic carbocycles. The number of aromatic nitrogens is 3. The molecular weight excluding hydrogens is 240 g/mol. The molecule has 3 N–H and O–H groups in total. The summed E-state index contributed by atoms with van der Waals surface area (Å²) in [6.07, 6.45) is 1.56. The predicted molar refractivity (Wildman–Crippen MR) is 66.4 cm³/mol. The Labute approximate surface area is 104 Å². The number of carbonyl (C=O) groups is 1. The van der Waals surface area contributed by atoms with Crippen LogP contribution in [0.1, 0.15) is 35.9 Å². The first kappa shape index (κ1) is 11.7. The standard InChI is InChI=1S/C11H13ClN4O/c1-6(2)8-4-10(16-15-8)14-11(17)9-3-7(12)5-13-9/h3-6,13H,1-2H3,(H2,14,15,16,17). The topological polar surface area (TPSA) is 73.6 Å². The summed E-state index contributed by atoms with van der Waals surface area (Å²) in [4.78, 5) is 14.5.